The van der Waals surface area contributed by atoms with Crippen molar-refractivity contribution in [3.63, 3.8) is 0 Å². The molecule has 0 aromatic heterocycles. The Kier molecular flexibility index (Phi) is 8.10. The van der Waals surface area contributed by atoms with Gasteiger partial charge in [-0.2, -0.15) is 0 Å². The molecule has 0 spiro atoms. The number of carbonyl (C=O) groups excluding carboxylic acids is 2. The molecule has 33 heavy (non-hydrogen) atoms. The third-order valence-electron chi connectivity index (χ3n) is 6.40. The molecule has 2 amide bonds. The summed E-state index contributed by atoms with van der Waals surface area (Å²) in [7, 11) is 0. The van der Waals surface area contributed by atoms with Crippen molar-refractivity contribution in [3.8, 4) is 11.1 Å². The smallest absolute Gasteiger partial charge is 0.226 e. The highest BCUT2D eigenvalue weighted by Crippen LogP contribution is 2.25. The number of ether oxygens (including phenoxy) is 2. The molecule has 2 heterocycles. The number of nitrogens with one attached hydrogen (secondary N) is 2. The van der Waals surface area contributed by atoms with E-state index in [2.05, 4.69) is 10.6 Å². The predicted molar refractivity (Wildman–Crippen MR) is 126 cm³/mol. The van der Waals surface area contributed by atoms with E-state index in [0.717, 1.165) is 29.7 Å². The van der Waals surface area contributed by atoms with Crippen molar-refractivity contribution in [2.24, 2.45) is 5.92 Å². The molecule has 2 aliphatic rings. The molecule has 4 rings (SSSR count). The van der Waals surface area contributed by atoms with Crippen LogP contribution in [-0.2, 0) is 19.1 Å². The van der Waals surface area contributed by atoms with Gasteiger partial charge in [0.1, 0.15) is 6.10 Å². The minimum Gasteiger partial charge on any atom is -0.394 e. The second-order valence-electron chi connectivity index (χ2n) is 8.75. The van der Waals surface area contributed by atoms with E-state index in [0.29, 0.717) is 26.1 Å². The van der Waals surface area contributed by atoms with E-state index in [9.17, 15) is 14.7 Å². The van der Waals surface area contributed by atoms with Crippen molar-refractivity contribution < 1.29 is 24.2 Å². The number of carbonyl (C=O) groups is 2. The van der Waals surface area contributed by atoms with E-state index in [1.807, 2.05) is 54.6 Å². The van der Waals surface area contributed by atoms with Crippen LogP contribution in [0.3, 0.4) is 0 Å². The Morgan fingerprint density at radius 2 is 1.61 bits per heavy atom. The molecule has 3 N–H and O–H groups in total. The van der Waals surface area contributed by atoms with Crippen LogP contribution in [0.4, 0.5) is 5.69 Å². The number of amides is 2. The molecule has 0 radical (unpaired) electrons. The van der Waals surface area contributed by atoms with Gasteiger partial charge in [-0.25, -0.2) is 0 Å². The van der Waals surface area contributed by atoms with Gasteiger partial charge in [0.15, 0.2) is 0 Å². The van der Waals surface area contributed by atoms with Crippen LogP contribution in [-0.4, -0.2) is 55.0 Å². The molecule has 0 bridgehead atoms. The molecule has 2 saturated heterocycles. The zero-order chi connectivity index (χ0) is 23.0. The van der Waals surface area contributed by atoms with Crippen LogP contribution in [0.2, 0.25) is 0 Å². The molecule has 2 aromatic carbocycles. The highest BCUT2D eigenvalue weighted by atomic mass is 16.5. The zero-order valence-electron chi connectivity index (χ0n) is 18.7. The molecule has 2 aliphatic heterocycles. The minimum atomic E-state index is -0.509. The molecule has 3 atom stereocenters. The quantitative estimate of drug-likeness (QED) is 0.600. The lowest BCUT2D eigenvalue weighted by Crippen LogP contribution is -2.52. The van der Waals surface area contributed by atoms with E-state index in [-0.39, 0.29) is 42.9 Å². The summed E-state index contributed by atoms with van der Waals surface area (Å²) in [5, 5.41) is 15.8. The Morgan fingerprint density at radius 1 is 0.909 bits per heavy atom. The molecule has 176 valence electrons. The number of hydrogen-bond acceptors (Lipinski definition) is 5. The summed E-state index contributed by atoms with van der Waals surface area (Å²) >= 11 is 0. The van der Waals surface area contributed by atoms with Crippen LogP contribution in [0, 0.1) is 5.92 Å². The van der Waals surface area contributed by atoms with Gasteiger partial charge in [-0.05, 0) is 48.9 Å². The van der Waals surface area contributed by atoms with E-state index < -0.39 is 6.10 Å². The Morgan fingerprint density at radius 3 is 2.30 bits per heavy atom. The Hall–Kier alpha value is -2.74. The molecule has 7 heteroatoms. The maximum absolute atomic E-state index is 12.6. The first-order valence-corrected chi connectivity index (χ1v) is 11.7. The van der Waals surface area contributed by atoms with Crippen molar-refractivity contribution in [2.75, 3.05) is 25.1 Å². The molecule has 2 fully saturated rings. The summed E-state index contributed by atoms with van der Waals surface area (Å²) in [6.45, 7) is 1.02. The summed E-state index contributed by atoms with van der Waals surface area (Å²) in [5.41, 5.74) is 2.94. The van der Waals surface area contributed by atoms with Gasteiger partial charge in [0.2, 0.25) is 11.8 Å². The first-order chi connectivity index (χ1) is 16.1. The molecule has 0 unspecified atom stereocenters. The van der Waals surface area contributed by atoms with E-state index in [1.165, 1.54) is 0 Å². The SMILES string of the molecule is O=C(C[C@H]1CC[C@H](NC(=O)C2CCOCC2)[C@@H](CO)O1)Nc1ccc(-c2ccccc2)cc1. The van der Waals surface area contributed by atoms with E-state index in [1.54, 1.807) is 0 Å². The first kappa shape index (κ1) is 23.4. The van der Waals surface area contributed by atoms with Crippen LogP contribution < -0.4 is 10.6 Å². The predicted octanol–water partition coefficient (Wildman–Crippen LogP) is 3.13. The maximum atomic E-state index is 12.6. The van der Waals surface area contributed by atoms with Crippen LogP contribution in [0.5, 0.6) is 0 Å². The van der Waals surface area contributed by atoms with Gasteiger partial charge < -0.3 is 25.2 Å². The normalized spacial score (nSPS) is 23.6. The summed E-state index contributed by atoms with van der Waals surface area (Å²) in [6.07, 6.45) is 2.17. The molecular weight excluding hydrogens is 420 g/mol. The van der Waals surface area contributed by atoms with Crippen molar-refractivity contribution in [3.05, 3.63) is 54.6 Å². The Balaban J connectivity index is 1.25. The zero-order valence-corrected chi connectivity index (χ0v) is 18.7. The van der Waals surface area contributed by atoms with Crippen molar-refractivity contribution in [1.29, 1.82) is 0 Å². The van der Waals surface area contributed by atoms with Crippen molar-refractivity contribution in [1.82, 2.24) is 5.32 Å². The molecule has 0 saturated carbocycles. The number of benzene rings is 2. The number of aliphatic hydroxyl groups excluding tert-OH is 1. The summed E-state index contributed by atoms with van der Waals surface area (Å²) in [6, 6.07) is 17.6. The first-order valence-electron chi connectivity index (χ1n) is 11.7. The van der Waals surface area contributed by atoms with Crippen molar-refractivity contribution >= 4 is 17.5 Å². The summed E-state index contributed by atoms with van der Waals surface area (Å²) < 4.78 is 11.3. The van der Waals surface area contributed by atoms with Gasteiger partial charge in [0, 0.05) is 24.8 Å². The lowest BCUT2D eigenvalue weighted by molar-refractivity contribution is -0.137. The average molecular weight is 453 g/mol. The number of hydrogen-bond donors (Lipinski definition) is 3. The fraction of sp³-hybridized carbons (Fsp3) is 0.462. The largest absolute Gasteiger partial charge is 0.394 e. The van der Waals surface area contributed by atoms with E-state index >= 15 is 0 Å². The number of anilines is 1. The number of aliphatic hydroxyl groups is 1. The molecule has 7 nitrogen and oxygen atoms in total. The lowest BCUT2D eigenvalue weighted by atomic mass is 9.94. The topological polar surface area (TPSA) is 96.9 Å². The maximum Gasteiger partial charge on any atom is 0.226 e. The Labute approximate surface area is 194 Å². The fourth-order valence-electron chi connectivity index (χ4n) is 4.50. The highest BCUT2D eigenvalue weighted by Gasteiger charge is 2.34. The second-order valence-corrected chi connectivity index (χ2v) is 8.75. The standard InChI is InChI=1S/C26H32N2O5/c29-17-24-23(28-26(31)20-12-14-32-15-13-20)11-10-22(33-24)16-25(30)27-21-8-6-19(7-9-21)18-4-2-1-3-5-18/h1-9,20,22-24,29H,10-17H2,(H,27,30)(H,28,31)/t22-,23+,24-/m1/s1. The second kappa shape index (κ2) is 11.4. The van der Waals surface area contributed by atoms with Gasteiger partial charge in [0.05, 0.1) is 25.2 Å². The average Bonchev–Trinajstić information content (AvgIpc) is 2.86. The molecule has 2 aromatic rings. The van der Waals surface area contributed by atoms with Crippen LogP contribution in [0.25, 0.3) is 11.1 Å². The lowest BCUT2D eigenvalue weighted by Gasteiger charge is -2.37. The van der Waals surface area contributed by atoms with E-state index in [4.69, 9.17) is 9.47 Å². The van der Waals surface area contributed by atoms with Gasteiger partial charge in [0.25, 0.3) is 0 Å². The fourth-order valence-corrected chi connectivity index (χ4v) is 4.50. The summed E-state index contributed by atoms with van der Waals surface area (Å²) in [4.78, 5) is 25.1. The monoisotopic (exact) mass is 452 g/mol. The van der Waals surface area contributed by atoms with Crippen LogP contribution in [0.1, 0.15) is 32.1 Å². The van der Waals surface area contributed by atoms with Gasteiger partial charge in [-0.3, -0.25) is 9.59 Å². The highest BCUT2D eigenvalue weighted by molar-refractivity contribution is 5.91. The summed E-state index contributed by atoms with van der Waals surface area (Å²) in [5.74, 6) is -0.177. The van der Waals surface area contributed by atoms with Crippen LogP contribution >= 0.6 is 0 Å². The molecule has 0 aliphatic carbocycles. The van der Waals surface area contributed by atoms with Gasteiger partial charge >= 0.3 is 0 Å². The third kappa shape index (κ3) is 6.41. The minimum absolute atomic E-state index is 0.000456. The molecular formula is C26H32N2O5. The number of rotatable bonds is 7. The third-order valence-corrected chi connectivity index (χ3v) is 6.40. The van der Waals surface area contributed by atoms with Gasteiger partial charge in [-0.1, -0.05) is 42.5 Å². The van der Waals surface area contributed by atoms with Crippen molar-refractivity contribution in [2.45, 2.75) is 50.4 Å². The van der Waals surface area contributed by atoms with Gasteiger partial charge in [-0.15, -0.1) is 0 Å². The Bertz CT molecular complexity index is 912. The van der Waals surface area contributed by atoms with Crippen LogP contribution in [0.15, 0.2) is 54.6 Å².